The summed E-state index contributed by atoms with van der Waals surface area (Å²) in [4.78, 5) is 12.4. The fourth-order valence-electron chi connectivity index (χ4n) is 2.41. The van der Waals surface area contributed by atoms with E-state index in [4.69, 9.17) is 4.74 Å². The van der Waals surface area contributed by atoms with Crippen molar-refractivity contribution in [2.75, 3.05) is 5.32 Å². The van der Waals surface area contributed by atoms with Crippen molar-refractivity contribution >= 4 is 11.6 Å². The second kappa shape index (κ2) is 7.12. The van der Waals surface area contributed by atoms with Crippen LogP contribution in [0.4, 0.5) is 5.69 Å². The van der Waals surface area contributed by atoms with Gasteiger partial charge in [-0.05, 0) is 62.1 Å². The lowest BCUT2D eigenvalue weighted by atomic mass is 10.1. The first-order chi connectivity index (χ1) is 10.5. The third kappa shape index (κ3) is 4.10. The molecule has 0 fully saturated rings. The normalized spacial score (nSPS) is 11.8. The summed E-state index contributed by atoms with van der Waals surface area (Å²) in [7, 11) is 0. The highest BCUT2D eigenvalue weighted by Gasteiger charge is 2.19. The Labute approximate surface area is 132 Å². The second-order valence-corrected chi connectivity index (χ2v) is 5.64. The molecule has 0 saturated heterocycles. The summed E-state index contributed by atoms with van der Waals surface area (Å²) in [5.41, 5.74) is 4.13. The van der Waals surface area contributed by atoms with Crippen LogP contribution in [0.2, 0.25) is 0 Å². The maximum atomic E-state index is 12.4. The maximum Gasteiger partial charge on any atom is 0.265 e. The molecule has 0 radical (unpaired) electrons. The number of anilines is 1. The SMILES string of the molecule is CCC(Oc1cc(C)cc(C)c1)C(=O)Nc1ccccc1C. The fourth-order valence-corrected chi connectivity index (χ4v) is 2.41. The first-order valence-corrected chi connectivity index (χ1v) is 7.61. The largest absolute Gasteiger partial charge is 0.481 e. The van der Waals surface area contributed by atoms with Crippen LogP contribution in [0.3, 0.4) is 0 Å². The van der Waals surface area contributed by atoms with Crippen molar-refractivity contribution in [3.63, 3.8) is 0 Å². The number of carbonyl (C=O) groups is 1. The predicted molar refractivity (Wildman–Crippen MR) is 90.4 cm³/mol. The molecular formula is C19H23NO2. The topological polar surface area (TPSA) is 38.3 Å². The molecule has 2 aromatic rings. The van der Waals surface area contributed by atoms with Gasteiger partial charge in [0, 0.05) is 5.69 Å². The van der Waals surface area contributed by atoms with E-state index in [1.54, 1.807) is 0 Å². The minimum Gasteiger partial charge on any atom is -0.481 e. The Bertz CT molecular complexity index is 644. The smallest absolute Gasteiger partial charge is 0.265 e. The van der Waals surface area contributed by atoms with Crippen LogP contribution in [-0.4, -0.2) is 12.0 Å². The van der Waals surface area contributed by atoms with Crippen molar-refractivity contribution in [3.05, 3.63) is 59.2 Å². The van der Waals surface area contributed by atoms with Crippen molar-refractivity contribution in [1.29, 1.82) is 0 Å². The lowest BCUT2D eigenvalue weighted by Gasteiger charge is -2.18. The van der Waals surface area contributed by atoms with E-state index in [-0.39, 0.29) is 5.91 Å². The minimum atomic E-state index is -0.499. The molecule has 0 aliphatic heterocycles. The van der Waals surface area contributed by atoms with Crippen molar-refractivity contribution in [1.82, 2.24) is 0 Å². The van der Waals surface area contributed by atoms with E-state index >= 15 is 0 Å². The third-order valence-corrected chi connectivity index (χ3v) is 3.54. The van der Waals surface area contributed by atoms with Gasteiger partial charge in [0.25, 0.3) is 5.91 Å². The molecule has 0 bridgehead atoms. The van der Waals surface area contributed by atoms with Gasteiger partial charge in [0.05, 0.1) is 0 Å². The zero-order valence-corrected chi connectivity index (χ0v) is 13.6. The van der Waals surface area contributed by atoms with Gasteiger partial charge in [-0.25, -0.2) is 0 Å². The number of benzene rings is 2. The van der Waals surface area contributed by atoms with Gasteiger partial charge in [0.15, 0.2) is 6.10 Å². The number of para-hydroxylation sites is 1. The van der Waals surface area contributed by atoms with Crippen LogP contribution in [0.5, 0.6) is 5.75 Å². The van der Waals surface area contributed by atoms with Crippen LogP contribution >= 0.6 is 0 Å². The van der Waals surface area contributed by atoms with Gasteiger partial charge in [0.2, 0.25) is 0 Å². The zero-order valence-electron chi connectivity index (χ0n) is 13.6. The molecule has 3 nitrogen and oxygen atoms in total. The first-order valence-electron chi connectivity index (χ1n) is 7.61. The van der Waals surface area contributed by atoms with Crippen molar-refractivity contribution < 1.29 is 9.53 Å². The number of hydrogen-bond acceptors (Lipinski definition) is 2. The van der Waals surface area contributed by atoms with Gasteiger partial charge in [-0.3, -0.25) is 4.79 Å². The molecule has 3 heteroatoms. The van der Waals surface area contributed by atoms with Crippen LogP contribution in [0.1, 0.15) is 30.0 Å². The van der Waals surface area contributed by atoms with E-state index in [9.17, 15) is 4.79 Å². The Balaban J connectivity index is 2.10. The third-order valence-electron chi connectivity index (χ3n) is 3.54. The molecule has 22 heavy (non-hydrogen) atoms. The van der Waals surface area contributed by atoms with E-state index in [1.807, 2.05) is 64.1 Å². The highest BCUT2D eigenvalue weighted by molar-refractivity contribution is 5.95. The Hall–Kier alpha value is -2.29. The van der Waals surface area contributed by atoms with E-state index in [1.165, 1.54) is 0 Å². The average Bonchev–Trinajstić information content (AvgIpc) is 2.46. The molecule has 0 saturated carbocycles. The molecular weight excluding hydrogens is 274 g/mol. The summed E-state index contributed by atoms with van der Waals surface area (Å²) < 4.78 is 5.89. The van der Waals surface area contributed by atoms with Crippen LogP contribution in [0, 0.1) is 20.8 Å². The lowest BCUT2D eigenvalue weighted by molar-refractivity contribution is -0.122. The standard InChI is InChI=1S/C19H23NO2/c1-5-18(22-16-11-13(2)10-14(3)12-16)19(21)20-17-9-7-6-8-15(17)4/h6-12,18H,5H2,1-4H3,(H,20,21). The Morgan fingerprint density at radius 3 is 2.32 bits per heavy atom. The van der Waals surface area contributed by atoms with E-state index in [0.29, 0.717) is 6.42 Å². The fraction of sp³-hybridized carbons (Fsp3) is 0.316. The number of hydrogen-bond donors (Lipinski definition) is 1. The Morgan fingerprint density at radius 1 is 1.09 bits per heavy atom. The summed E-state index contributed by atoms with van der Waals surface area (Å²) in [5, 5.41) is 2.95. The minimum absolute atomic E-state index is 0.115. The highest BCUT2D eigenvalue weighted by Crippen LogP contribution is 2.20. The number of nitrogens with one attached hydrogen (secondary N) is 1. The first kappa shape index (κ1) is 16.1. The number of rotatable bonds is 5. The summed E-state index contributed by atoms with van der Waals surface area (Å²) in [6.07, 6.45) is 0.117. The molecule has 116 valence electrons. The lowest BCUT2D eigenvalue weighted by Crippen LogP contribution is -2.32. The molecule has 1 amide bonds. The van der Waals surface area contributed by atoms with Crippen molar-refractivity contribution in [2.24, 2.45) is 0 Å². The van der Waals surface area contributed by atoms with E-state index in [2.05, 4.69) is 11.4 Å². The maximum absolute atomic E-state index is 12.4. The van der Waals surface area contributed by atoms with Crippen molar-refractivity contribution in [3.8, 4) is 5.75 Å². The van der Waals surface area contributed by atoms with Gasteiger partial charge in [0.1, 0.15) is 5.75 Å². The summed E-state index contributed by atoms with van der Waals surface area (Å²) >= 11 is 0. The van der Waals surface area contributed by atoms with Gasteiger partial charge < -0.3 is 10.1 Å². The predicted octanol–water partition coefficient (Wildman–Crippen LogP) is 4.41. The zero-order chi connectivity index (χ0) is 16.1. The average molecular weight is 297 g/mol. The van der Waals surface area contributed by atoms with Gasteiger partial charge in [-0.1, -0.05) is 31.2 Å². The van der Waals surface area contributed by atoms with Gasteiger partial charge in [-0.2, -0.15) is 0 Å². The van der Waals surface area contributed by atoms with E-state index in [0.717, 1.165) is 28.1 Å². The van der Waals surface area contributed by atoms with Gasteiger partial charge in [-0.15, -0.1) is 0 Å². The van der Waals surface area contributed by atoms with E-state index < -0.39 is 6.10 Å². The number of amides is 1. The Morgan fingerprint density at radius 2 is 1.73 bits per heavy atom. The molecule has 0 spiro atoms. The summed E-state index contributed by atoms with van der Waals surface area (Å²) in [6, 6.07) is 13.7. The van der Waals surface area contributed by atoms with Crippen LogP contribution in [0.15, 0.2) is 42.5 Å². The molecule has 1 unspecified atom stereocenters. The molecule has 1 N–H and O–H groups in total. The molecule has 2 aromatic carbocycles. The number of aryl methyl sites for hydroxylation is 3. The Kier molecular flexibility index (Phi) is 5.21. The molecule has 0 aliphatic rings. The molecule has 0 aliphatic carbocycles. The van der Waals surface area contributed by atoms with Crippen LogP contribution in [0.25, 0.3) is 0 Å². The molecule has 0 heterocycles. The monoisotopic (exact) mass is 297 g/mol. The second-order valence-electron chi connectivity index (χ2n) is 5.64. The number of ether oxygens (including phenoxy) is 1. The summed E-state index contributed by atoms with van der Waals surface area (Å²) in [5.74, 6) is 0.625. The molecule has 1 atom stereocenters. The summed E-state index contributed by atoms with van der Waals surface area (Å²) in [6.45, 7) is 7.97. The quantitative estimate of drug-likeness (QED) is 0.888. The van der Waals surface area contributed by atoms with Crippen molar-refractivity contribution in [2.45, 2.75) is 40.2 Å². The number of carbonyl (C=O) groups excluding carboxylic acids is 1. The van der Waals surface area contributed by atoms with Gasteiger partial charge >= 0.3 is 0 Å². The van der Waals surface area contributed by atoms with Crippen LogP contribution in [-0.2, 0) is 4.79 Å². The molecule has 0 aromatic heterocycles. The molecule has 2 rings (SSSR count). The highest BCUT2D eigenvalue weighted by atomic mass is 16.5. The van der Waals surface area contributed by atoms with Crippen LogP contribution < -0.4 is 10.1 Å².